The van der Waals surface area contributed by atoms with Crippen LogP contribution in [-0.2, 0) is 0 Å². The molecule has 1 heterocycles. The van der Waals surface area contributed by atoms with Crippen molar-refractivity contribution in [3.63, 3.8) is 0 Å². The molecule has 0 fully saturated rings. The lowest BCUT2D eigenvalue weighted by Gasteiger charge is -2.05. The maximum atomic E-state index is 11.6. The predicted octanol–water partition coefficient (Wildman–Crippen LogP) is 2.24. The van der Waals surface area contributed by atoms with Gasteiger partial charge >= 0.3 is 0 Å². The van der Waals surface area contributed by atoms with Crippen LogP contribution in [0.2, 0.25) is 0 Å². The molecule has 15 heavy (non-hydrogen) atoms. The van der Waals surface area contributed by atoms with Crippen LogP contribution in [0.4, 0.5) is 0 Å². The van der Waals surface area contributed by atoms with Gasteiger partial charge in [-0.15, -0.1) is 0 Å². The van der Waals surface area contributed by atoms with Crippen LogP contribution in [0, 0.1) is 0 Å². The van der Waals surface area contributed by atoms with E-state index in [-0.39, 0.29) is 5.78 Å². The largest absolute Gasteiger partial charge is 0.289 e. The number of ketones is 1. The lowest BCUT2D eigenvalue weighted by Crippen LogP contribution is -2.03. The number of nitrogens with zero attached hydrogens (tertiary/aromatic N) is 2. The average Bonchev–Trinajstić information content (AvgIpc) is 2.81. The quantitative estimate of drug-likeness (QED) is 0.560. The topological polar surface area (TPSA) is 34.9 Å². The summed E-state index contributed by atoms with van der Waals surface area (Å²) in [6, 6.07) is 9.13. The highest BCUT2D eigenvalue weighted by Crippen LogP contribution is 2.14. The van der Waals surface area contributed by atoms with Gasteiger partial charge in [0.1, 0.15) is 0 Å². The molecule has 1 aromatic heterocycles. The molecule has 2 rings (SSSR count). The predicted molar refractivity (Wildman–Crippen MR) is 58.1 cm³/mol. The van der Waals surface area contributed by atoms with Gasteiger partial charge in [0, 0.05) is 18.0 Å². The van der Waals surface area contributed by atoms with Crippen LogP contribution >= 0.6 is 0 Å². The van der Waals surface area contributed by atoms with Crippen LogP contribution in [0.1, 0.15) is 10.4 Å². The van der Waals surface area contributed by atoms with Crippen LogP contribution in [0.5, 0.6) is 0 Å². The molecule has 2 aromatic rings. The minimum Gasteiger partial charge on any atom is -0.289 e. The average molecular weight is 198 g/mol. The Morgan fingerprint density at radius 2 is 2.13 bits per heavy atom. The van der Waals surface area contributed by atoms with Gasteiger partial charge in [-0.3, -0.25) is 4.79 Å². The van der Waals surface area contributed by atoms with Crippen LogP contribution in [0.25, 0.3) is 5.69 Å². The molecule has 0 radical (unpaired) electrons. The maximum Gasteiger partial charge on any atom is 0.187 e. The highest BCUT2D eigenvalue weighted by Gasteiger charge is 2.08. The van der Waals surface area contributed by atoms with Crippen LogP contribution < -0.4 is 0 Å². The van der Waals surface area contributed by atoms with Crippen molar-refractivity contribution in [1.29, 1.82) is 0 Å². The molecule has 0 aliphatic rings. The number of aromatic nitrogens is 2. The van der Waals surface area contributed by atoms with Crippen molar-refractivity contribution < 1.29 is 4.79 Å². The van der Waals surface area contributed by atoms with E-state index in [0.29, 0.717) is 5.56 Å². The standard InChI is InChI=1S/C12H10N2O/c1-2-12(15)10-6-3-4-7-11(10)14-9-5-8-13-14/h2-9H,1H2. The molecule has 3 nitrogen and oxygen atoms in total. The van der Waals surface area contributed by atoms with Gasteiger partial charge in [-0.2, -0.15) is 5.10 Å². The first-order valence-corrected chi connectivity index (χ1v) is 4.59. The molecule has 0 unspecified atom stereocenters. The summed E-state index contributed by atoms with van der Waals surface area (Å²) in [6.07, 6.45) is 4.78. The first-order valence-electron chi connectivity index (χ1n) is 4.59. The Kier molecular flexibility index (Phi) is 2.46. The first-order chi connectivity index (χ1) is 7.33. The third-order valence-corrected chi connectivity index (χ3v) is 2.11. The molecule has 0 N–H and O–H groups in total. The molecule has 0 saturated carbocycles. The number of allylic oxidation sites excluding steroid dienone is 1. The summed E-state index contributed by atoms with van der Waals surface area (Å²) >= 11 is 0. The van der Waals surface area contributed by atoms with Crippen molar-refractivity contribution in [2.75, 3.05) is 0 Å². The highest BCUT2D eigenvalue weighted by molar-refractivity contribution is 6.06. The summed E-state index contributed by atoms with van der Waals surface area (Å²) in [5.74, 6) is -0.0962. The molecular weight excluding hydrogens is 188 g/mol. The molecule has 0 aliphatic carbocycles. The van der Waals surface area contributed by atoms with E-state index in [1.54, 1.807) is 23.1 Å². The fourth-order valence-electron chi connectivity index (χ4n) is 1.40. The molecule has 0 saturated heterocycles. The van der Waals surface area contributed by atoms with E-state index in [1.165, 1.54) is 6.08 Å². The lowest BCUT2D eigenvalue weighted by molar-refractivity contribution is 0.104. The van der Waals surface area contributed by atoms with Gasteiger partial charge in [-0.05, 0) is 24.3 Å². The van der Waals surface area contributed by atoms with Crippen molar-refractivity contribution in [2.24, 2.45) is 0 Å². The van der Waals surface area contributed by atoms with Crippen LogP contribution in [0.15, 0.2) is 55.4 Å². The Bertz CT molecular complexity index is 486. The molecule has 3 heteroatoms. The van der Waals surface area contributed by atoms with E-state index in [0.717, 1.165) is 5.69 Å². The molecule has 1 aromatic carbocycles. The second kappa shape index (κ2) is 3.92. The molecule has 0 amide bonds. The zero-order valence-corrected chi connectivity index (χ0v) is 8.13. The minimum atomic E-state index is -0.0962. The molecule has 0 atom stereocenters. The smallest absolute Gasteiger partial charge is 0.187 e. The summed E-state index contributed by atoms with van der Waals surface area (Å²) < 4.78 is 1.66. The maximum absolute atomic E-state index is 11.6. The van der Waals surface area contributed by atoms with Gasteiger partial charge in [0.05, 0.1) is 5.69 Å². The normalized spacial score (nSPS) is 9.87. The Morgan fingerprint density at radius 3 is 2.80 bits per heavy atom. The second-order valence-electron chi connectivity index (χ2n) is 3.04. The van der Waals surface area contributed by atoms with Crippen LogP contribution in [-0.4, -0.2) is 15.6 Å². The van der Waals surface area contributed by atoms with Gasteiger partial charge in [-0.25, -0.2) is 4.68 Å². The number of hydrogen-bond donors (Lipinski definition) is 0. The number of benzene rings is 1. The Morgan fingerprint density at radius 1 is 1.33 bits per heavy atom. The van der Waals surface area contributed by atoms with Crippen molar-refractivity contribution in [1.82, 2.24) is 9.78 Å². The molecule has 0 aliphatic heterocycles. The van der Waals surface area contributed by atoms with Crippen molar-refractivity contribution >= 4 is 5.78 Å². The zero-order valence-electron chi connectivity index (χ0n) is 8.13. The van der Waals surface area contributed by atoms with E-state index in [2.05, 4.69) is 11.7 Å². The summed E-state index contributed by atoms with van der Waals surface area (Å²) in [6.45, 7) is 3.48. The van der Waals surface area contributed by atoms with Gasteiger partial charge in [-0.1, -0.05) is 18.7 Å². The lowest BCUT2D eigenvalue weighted by atomic mass is 10.1. The third kappa shape index (κ3) is 1.72. The van der Waals surface area contributed by atoms with Crippen molar-refractivity contribution in [3.8, 4) is 5.69 Å². The van der Waals surface area contributed by atoms with Gasteiger partial charge in [0.2, 0.25) is 0 Å². The molecular formula is C12H10N2O. The Labute approximate surface area is 87.7 Å². The van der Waals surface area contributed by atoms with Crippen molar-refractivity contribution in [2.45, 2.75) is 0 Å². The number of hydrogen-bond acceptors (Lipinski definition) is 2. The third-order valence-electron chi connectivity index (χ3n) is 2.11. The Hall–Kier alpha value is -2.16. The van der Waals surface area contributed by atoms with E-state index in [1.807, 2.05) is 24.3 Å². The van der Waals surface area contributed by atoms with Gasteiger partial charge in [0.25, 0.3) is 0 Å². The summed E-state index contributed by atoms with van der Waals surface area (Å²) in [5.41, 5.74) is 1.38. The Balaban J connectivity index is 2.57. The fraction of sp³-hybridized carbons (Fsp3) is 0. The minimum absolute atomic E-state index is 0.0962. The molecule has 0 spiro atoms. The van der Waals surface area contributed by atoms with E-state index in [4.69, 9.17) is 0 Å². The number of carbonyl (C=O) groups excluding carboxylic acids is 1. The highest BCUT2D eigenvalue weighted by atomic mass is 16.1. The number of rotatable bonds is 3. The fourth-order valence-corrected chi connectivity index (χ4v) is 1.40. The van der Waals surface area contributed by atoms with Crippen molar-refractivity contribution in [3.05, 3.63) is 60.9 Å². The summed E-state index contributed by atoms with van der Waals surface area (Å²) in [5, 5.41) is 4.09. The monoisotopic (exact) mass is 198 g/mol. The summed E-state index contributed by atoms with van der Waals surface area (Å²) in [4.78, 5) is 11.6. The number of carbonyl (C=O) groups is 1. The second-order valence-corrected chi connectivity index (χ2v) is 3.04. The first kappa shape index (κ1) is 9.40. The van der Waals surface area contributed by atoms with E-state index >= 15 is 0 Å². The molecule has 0 bridgehead atoms. The van der Waals surface area contributed by atoms with Gasteiger partial charge in [0.15, 0.2) is 5.78 Å². The van der Waals surface area contributed by atoms with E-state index in [9.17, 15) is 4.79 Å². The SMILES string of the molecule is C=CC(=O)c1ccccc1-n1cccn1. The molecule has 74 valence electrons. The summed E-state index contributed by atoms with van der Waals surface area (Å²) in [7, 11) is 0. The zero-order chi connectivity index (χ0) is 10.7. The van der Waals surface area contributed by atoms with Crippen LogP contribution in [0.3, 0.4) is 0 Å². The van der Waals surface area contributed by atoms with E-state index < -0.39 is 0 Å². The van der Waals surface area contributed by atoms with Gasteiger partial charge < -0.3 is 0 Å². The number of para-hydroxylation sites is 1.